The molecule has 0 unspecified atom stereocenters. The van der Waals surface area contributed by atoms with Crippen LogP contribution in [0, 0.1) is 0 Å². The molecule has 0 aliphatic heterocycles. The number of sulfonamides is 2. The third-order valence-electron chi connectivity index (χ3n) is 4.38. The Morgan fingerprint density at radius 1 is 1.06 bits per heavy atom. The van der Waals surface area contributed by atoms with Crippen molar-refractivity contribution < 1.29 is 26.4 Å². The third kappa shape index (κ3) is 5.83. The summed E-state index contributed by atoms with van der Waals surface area (Å²) in [6.07, 6.45) is 0. The maximum absolute atomic E-state index is 13.0. The lowest BCUT2D eigenvalue weighted by Gasteiger charge is -2.21. The minimum absolute atomic E-state index is 0.0598. The molecule has 1 aromatic carbocycles. The van der Waals surface area contributed by atoms with Crippen LogP contribution in [-0.4, -0.2) is 64.6 Å². The van der Waals surface area contributed by atoms with Gasteiger partial charge in [0.25, 0.3) is 10.0 Å². The molecule has 12 heteroatoms. The number of nitrogens with zero attached hydrogens (tertiary/aromatic N) is 2. The van der Waals surface area contributed by atoms with Crippen molar-refractivity contribution in [1.82, 2.24) is 8.61 Å². The maximum Gasteiger partial charge on any atom is 0.252 e. The van der Waals surface area contributed by atoms with Gasteiger partial charge in [0.15, 0.2) is 0 Å². The molecule has 1 aromatic heterocycles. The highest BCUT2D eigenvalue weighted by Crippen LogP contribution is 2.30. The van der Waals surface area contributed by atoms with Gasteiger partial charge in [-0.3, -0.25) is 4.79 Å². The molecule has 0 aliphatic carbocycles. The van der Waals surface area contributed by atoms with Gasteiger partial charge in [-0.2, -0.15) is 8.61 Å². The van der Waals surface area contributed by atoms with E-state index in [1.165, 1.54) is 35.6 Å². The number of hydrogen-bond donors (Lipinski definition) is 1. The van der Waals surface area contributed by atoms with Gasteiger partial charge in [-0.25, -0.2) is 16.8 Å². The first kappa shape index (κ1) is 25.3. The second kappa shape index (κ2) is 10.6. The van der Waals surface area contributed by atoms with Gasteiger partial charge in [-0.1, -0.05) is 19.9 Å². The number of carbonyl (C=O) groups is 1. The van der Waals surface area contributed by atoms with E-state index in [0.29, 0.717) is 0 Å². The van der Waals surface area contributed by atoms with E-state index in [1.807, 2.05) is 0 Å². The Hall–Kier alpha value is -1.99. The zero-order chi connectivity index (χ0) is 23.2. The second-order valence-electron chi connectivity index (χ2n) is 6.43. The fourth-order valence-corrected chi connectivity index (χ4v) is 6.76. The molecule has 31 heavy (non-hydrogen) atoms. The molecule has 1 heterocycles. The maximum atomic E-state index is 13.0. The first-order chi connectivity index (χ1) is 14.6. The van der Waals surface area contributed by atoms with Crippen molar-refractivity contribution in [3.05, 3.63) is 35.7 Å². The normalized spacial score (nSPS) is 12.3. The molecule has 0 spiro atoms. The summed E-state index contributed by atoms with van der Waals surface area (Å²) in [5.41, 5.74) is 0.223. The molecule has 1 N–H and O–H groups in total. The number of benzene rings is 1. The molecule has 172 valence electrons. The predicted molar refractivity (Wildman–Crippen MR) is 120 cm³/mol. The number of ether oxygens (including phenoxy) is 1. The number of anilines is 1. The number of nitrogens with one attached hydrogen (secondary N) is 1. The SMILES string of the molecule is CCOc1ccc(NC(=O)CN(C)S(=O)(=O)c2cccs2)cc1S(=O)(=O)N(CC)CC. The molecule has 0 bridgehead atoms. The minimum Gasteiger partial charge on any atom is -0.492 e. The van der Waals surface area contributed by atoms with Crippen molar-refractivity contribution in [1.29, 1.82) is 0 Å². The van der Waals surface area contributed by atoms with E-state index in [9.17, 15) is 21.6 Å². The van der Waals surface area contributed by atoms with Gasteiger partial charge in [0, 0.05) is 25.8 Å². The van der Waals surface area contributed by atoms with E-state index in [2.05, 4.69) is 5.32 Å². The summed E-state index contributed by atoms with van der Waals surface area (Å²) in [5, 5.41) is 4.20. The lowest BCUT2D eigenvalue weighted by atomic mass is 10.3. The number of amides is 1. The smallest absolute Gasteiger partial charge is 0.252 e. The highest BCUT2D eigenvalue weighted by atomic mass is 32.2. The molecule has 0 radical (unpaired) electrons. The highest BCUT2D eigenvalue weighted by Gasteiger charge is 2.27. The summed E-state index contributed by atoms with van der Waals surface area (Å²) in [5.74, 6) is -0.414. The van der Waals surface area contributed by atoms with Gasteiger partial charge < -0.3 is 10.1 Å². The fraction of sp³-hybridized carbons (Fsp3) is 0.421. The van der Waals surface area contributed by atoms with Crippen molar-refractivity contribution >= 4 is 43.0 Å². The topological polar surface area (TPSA) is 113 Å². The summed E-state index contributed by atoms with van der Waals surface area (Å²) in [4.78, 5) is 12.4. The average molecular weight is 490 g/mol. The van der Waals surface area contributed by atoms with Crippen LogP contribution in [-0.2, 0) is 24.8 Å². The van der Waals surface area contributed by atoms with Crippen molar-refractivity contribution in [2.45, 2.75) is 29.9 Å². The van der Waals surface area contributed by atoms with Crippen molar-refractivity contribution in [3.8, 4) is 5.75 Å². The quantitative estimate of drug-likeness (QED) is 0.519. The van der Waals surface area contributed by atoms with Crippen LogP contribution in [0.4, 0.5) is 5.69 Å². The van der Waals surface area contributed by atoms with Crippen LogP contribution in [0.15, 0.2) is 44.8 Å². The Morgan fingerprint density at radius 3 is 2.29 bits per heavy atom. The van der Waals surface area contributed by atoms with Gasteiger partial charge in [0.1, 0.15) is 14.9 Å². The molecule has 2 rings (SSSR count). The first-order valence-electron chi connectivity index (χ1n) is 9.64. The summed E-state index contributed by atoms with van der Waals surface area (Å²) in [6, 6.07) is 7.39. The standard InChI is InChI=1S/C19H27N3O6S3/c1-5-22(6-2)30(24,25)17-13-15(10-11-16(17)28-7-3)20-18(23)14-21(4)31(26,27)19-9-8-12-29-19/h8-13H,5-7,14H2,1-4H3,(H,20,23). The van der Waals surface area contributed by atoms with Crippen molar-refractivity contribution in [3.63, 3.8) is 0 Å². The Labute approximate surface area is 187 Å². The second-order valence-corrected chi connectivity index (χ2v) is 11.6. The van der Waals surface area contributed by atoms with E-state index in [1.54, 1.807) is 32.2 Å². The largest absolute Gasteiger partial charge is 0.492 e. The summed E-state index contributed by atoms with van der Waals surface area (Å²) < 4.78 is 58.8. The summed E-state index contributed by atoms with van der Waals surface area (Å²) in [7, 11) is -6.31. The molecule has 1 amide bonds. The average Bonchev–Trinajstić information content (AvgIpc) is 3.25. The molecule has 0 aliphatic rings. The van der Waals surface area contributed by atoms with E-state index in [-0.39, 0.29) is 40.2 Å². The molecule has 0 saturated carbocycles. The molecular formula is C19H27N3O6S3. The summed E-state index contributed by atoms with van der Waals surface area (Å²) in [6.45, 7) is 5.63. The van der Waals surface area contributed by atoms with Gasteiger partial charge >= 0.3 is 0 Å². The molecule has 9 nitrogen and oxygen atoms in total. The number of thiophene rings is 1. The van der Waals surface area contributed by atoms with Crippen LogP contribution in [0.2, 0.25) is 0 Å². The van der Waals surface area contributed by atoms with Crippen LogP contribution >= 0.6 is 11.3 Å². The number of carbonyl (C=O) groups excluding carboxylic acids is 1. The number of likely N-dealkylation sites (N-methyl/N-ethyl adjacent to an activating group) is 1. The third-order valence-corrected chi connectivity index (χ3v) is 9.62. The van der Waals surface area contributed by atoms with Crippen LogP contribution in [0.25, 0.3) is 0 Å². The van der Waals surface area contributed by atoms with Gasteiger partial charge in [0.2, 0.25) is 15.9 Å². The Balaban J connectivity index is 2.26. The fourth-order valence-electron chi connectivity index (χ4n) is 2.82. The van der Waals surface area contributed by atoms with E-state index in [0.717, 1.165) is 15.6 Å². The van der Waals surface area contributed by atoms with Gasteiger partial charge in [-0.15, -0.1) is 11.3 Å². The molecular weight excluding hydrogens is 462 g/mol. The monoisotopic (exact) mass is 489 g/mol. The van der Waals surface area contributed by atoms with Crippen molar-refractivity contribution in [2.24, 2.45) is 0 Å². The predicted octanol–water partition coefficient (Wildman–Crippen LogP) is 2.44. The van der Waals surface area contributed by atoms with Crippen LogP contribution in [0.1, 0.15) is 20.8 Å². The summed E-state index contributed by atoms with van der Waals surface area (Å²) >= 11 is 1.06. The molecule has 0 fully saturated rings. The lowest BCUT2D eigenvalue weighted by molar-refractivity contribution is -0.116. The van der Waals surface area contributed by atoms with Gasteiger partial charge in [-0.05, 0) is 36.6 Å². The van der Waals surface area contributed by atoms with Crippen LogP contribution in [0.3, 0.4) is 0 Å². The lowest BCUT2D eigenvalue weighted by Crippen LogP contribution is -2.34. The molecule has 0 saturated heterocycles. The van der Waals surface area contributed by atoms with Crippen LogP contribution < -0.4 is 10.1 Å². The zero-order valence-corrected chi connectivity index (χ0v) is 20.3. The van der Waals surface area contributed by atoms with Crippen LogP contribution in [0.5, 0.6) is 5.75 Å². The Kier molecular flexibility index (Phi) is 8.60. The molecule has 2 aromatic rings. The first-order valence-corrected chi connectivity index (χ1v) is 13.4. The van der Waals surface area contributed by atoms with Gasteiger partial charge in [0.05, 0.1) is 13.2 Å². The van der Waals surface area contributed by atoms with E-state index < -0.39 is 32.5 Å². The minimum atomic E-state index is -3.84. The zero-order valence-electron chi connectivity index (χ0n) is 17.9. The van der Waals surface area contributed by atoms with Crippen molar-refractivity contribution in [2.75, 3.05) is 38.6 Å². The van der Waals surface area contributed by atoms with E-state index >= 15 is 0 Å². The Morgan fingerprint density at radius 2 is 1.74 bits per heavy atom. The number of rotatable bonds is 11. The highest BCUT2D eigenvalue weighted by molar-refractivity contribution is 7.91. The van der Waals surface area contributed by atoms with E-state index in [4.69, 9.17) is 4.74 Å². The number of hydrogen-bond acceptors (Lipinski definition) is 7. The Bertz CT molecular complexity index is 1090. The molecule has 0 atom stereocenters.